The van der Waals surface area contributed by atoms with Crippen molar-refractivity contribution in [2.24, 2.45) is 5.92 Å². The van der Waals surface area contributed by atoms with Gasteiger partial charge in [-0.15, -0.1) is 0 Å². The van der Waals surface area contributed by atoms with Gasteiger partial charge in [0.2, 0.25) is 0 Å². The van der Waals surface area contributed by atoms with Gasteiger partial charge in [-0.1, -0.05) is 27.2 Å². The molecular formula is C22H30N2O5. The number of hydrogen-bond donors (Lipinski definition) is 2. The summed E-state index contributed by atoms with van der Waals surface area (Å²) in [5.74, 6) is -0.286. The predicted octanol–water partition coefficient (Wildman–Crippen LogP) is 3.13. The number of carbonyl (C=O) groups is 2. The summed E-state index contributed by atoms with van der Waals surface area (Å²) in [5, 5.41) is 12.3. The first-order chi connectivity index (χ1) is 13.8. The maximum absolute atomic E-state index is 13.2. The van der Waals surface area contributed by atoms with Crippen LogP contribution in [0.5, 0.6) is 0 Å². The van der Waals surface area contributed by atoms with Gasteiger partial charge >= 0.3 is 5.97 Å². The van der Waals surface area contributed by atoms with Crippen LogP contribution in [0.15, 0.2) is 16.6 Å². The van der Waals surface area contributed by atoms with Gasteiger partial charge in [0.1, 0.15) is 16.9 Å². The molecule has 2 N–H and O–H groups in total. The molecule has 1 aromatic rings. The Bertz CT molecular complexity index is 911. The lowest BCUT2D eigenvalue weighted by atomic mass is 9.92. The van der Waals surface area contributed by atoms with E-state index in [2.05, 4.69) is 5.32 Å². The number of aliphatic carboxylic acids is 1. The smallest absolute Gasteiger partial charge is 0.329 e. The molecule has 1 saturated carbocycles. The number of rotatable bonds is 9. The van der Waals surface area contributed by atoms with Crippen molar-refractivity contribution in [2.45, 2.75) is 70.9 Å². The summed E-state index contributed by atoms with van der Waals surface area (Å²) in [6, 6.07) is 1.67. The van der Waals surface area contributed by atoms with Crippen LogP contribution in [0.3, 0.4) is 0 Å². The van der Waals surface area contributed by atoms with Crippen LogP contribution in [-0.4, -0.2) is 34.2 Å². The Morgan fingerprint density at radius 3 is 2.52 bits per heavy atom. The van der Waals surface area contributed by atoms with Crippen LogP contribution in [0.1, 0.15) is 80.4 Å². The van der Waals surface area contributed by atoms with Crippen LogP contribution < -0.4 is 10.9 Å². The lowest BCUT2D eigenvalue weighted by Gasteiger charge is -2.28. The number of carboxylic acids is 1. The van der Waals surface area contributed by atoms with Gasteiger partial charge in [-0.05, 0) is 43.2 Å². The largest absolute Gasteiger partial charge is 0.501 e. The number of pyridine rings is 1. The van der Waals surface area contributed by atoms with Gasteiger partial charge in [-0.2, -0.15) is 0 Å². The monoisotopic (exact) mass is 402 g/mol. The second-order valence-corrected chi connectivity index (χ2v) is 7.96. The van der Waals surface area contributed by atoms with Crippen LogP contribution >= 0.6 is 0 Å². The maximum atomic E-state index is 13.2. The highest BCUT2D eigenvalue weighted by Crippen LogP contribution is 2.56. The number of fused-ring (bicyclic) bond motifs is 3. The van der Waals surface area contributed by atoms with E-state index in [1.807, 2.05) is 13.0 Å². The number of allylic oxidation sites excluding steroid dienone is 1. The molecule has 29 heavy (non-hydrogen) atoms. The molecule has 0 saturated heterocycles. The van der Waals surface area contributed by atoms with E-state index in [1.165, 1.54) is 0 Å². The van der Waals surface area contributed by atoms with Gasteiger partial charge in [0.05, 0.1) is 12.8 Å². The third-order valence-electron chi connectivity index (χ3n) is 6.38. The standard InChI is InChI=1S/C22H30N2O5/c1-5-8-9-24-17-12-18(29-4)15-10-13(15)14(17)11-16(20(24)26)19(25)23-22(6-2,7-3)21(27)28/h11-13,15H,5-10H2,1-4H3,(H,23,25)(H,27,28). The molecular weight excluding hydrogens is 372 g/mol. The Hall–Kier alpha value is -2.57. The first-order valence-corrected chi connectivity index (χ1v) is 10.4. The molecule has 2 aliphatic carbocycles. The lowest BCUT2D eigenvalue weighted by Crippen LogP contribution is -2.54. The number of nitrogens with one attached hydrogen (secondary N) is 1. The van der Waals surface area contributed by atoms with Crippen molar-refractivity contribution in [1.82, 2.24) is 9.88 Å². The third-order valence-corrected chi connectivity index (χ3v) is 6.38. The van der Waals surface area contributed by atoms with Crippen molar-refractivity contribution in [1.29, 1.82) is 0 Å². The quantitative estimate of drug-likeness (QED) is 0.661. The molecule has 0 aromatic carbocycles. The Morgan fingerprint density at radius 1 is 1.28 bits per heavy atom. The van der Waals surface area contributed by atoms with E-state index in [0.717, 1.165) is 36.3 Å². The highest BCUT2D eigenvalue weighted by atomic mass is 16.5. The highest BCUT2D eigenvalue weighted by molar-refractivity contribution is 5.98. The minimum Gasteiger partial charge on any atom is -0.501 e. The summed E-state index contributed by atoms with van der Waals surface area (Å²) in [4.78, 5) is 38.0. The molecule has 0 bridgehead atoms. The van der Waals surface area contributed by atoms with Crippen LogP contribution in [0, 0.1) is 5.92 Å². The molecule has 1 fully saturated rings. The Morgan fingerprint density at radius 2 is 1.97 bits per heavy atom. The topological polar surface area (TPSA) is 97.6 Å². The van der Waals surface area contributed by atoms with Crippen molar-refractivity contribution >= 4 is 18.0 Å². The fraction of sp³-hybridized carbons (Fsp3) is 0.591. The number of nitrogens with zero attached hydrogens (tertiary/aromatic N) is 1. The number of methoxy groups -OCH3 is 1. The number of carbonyl (C=O) groups excluding carboxylic acids is 1. The van der Waals surface area contributed by atoms with Gasteiger partial charge < -0.3 is 19.7 Å². The Kier molecular flexibility index (Phi) is 5.87. The van der Waals surface area contributed by atoms with Crippen molar-refractivity contribution in [3.63, 3.8) is 0 Å². The number of unbranched alkanes of at least 4 members (excludes halogenated alkanes) is 1. The molecule has 7 heteroatoms. The van der Waals surface area contributed by atoms with Gasteiger partial charge in [-0.3, -0.25) is 9.59 Å². The number of aromatic nitrogens is 1. The normalized spacial score (nSPS) is 19.7. The number of carboxylic acid groups (broad SMARTS) is 1. The zero-order chi connectivity index (χ0) is 21.3. The van der Waals surface area contributed by atoms with Crippen molar-refractivity contribution < 1.29 is 19.4 Å². The fourth-order valence-electron chi connectivity index (χ4n) is 4.23. The Balaban J connectivity index is 2.08. The van der Waals surface area contributed by atoms with Crippen molar-refractivity contribution in [2.75, 3.05) is 7.11 Å². The van der Waals surface area contributed by atoms with Gasteiger partial charge in [-0.25, -0.2) is 4.79 Å². The molecule has 1 heterocycles. The summed E-state index contributed by atoms with van der Waals surface area (Å²) in [6.07, 6.45) is 5.06. The lowest BCUT2D eigenvalue weighted by molar-refractivity contribution is -0.144. The number of amides is 1. The van der Waals surface area contributed by atoms with Crippen LogP contribution in [0.4, 0.5) is 0 Å². The van der Waals surface area contributed by atoms with Crippen molar-refractivity contribution in [3.8, 4) is 0 Å². The summed E-state index contributed by atoms with van der Waals surface area (Å²) in [5.41, 5.74) is 0.0507. The van der Waals surface area contributed by atoms with Crippen LogP contribution in [0.2, 0.25) is 0 Å². The molecule has 0 spiro atoms. The first kappa shape index (κ1) is 21.1. The highest BCUT2D eigenvalue weighted by Gasteiger charge is 2.47. The van der Waals surface area contributed by atoms with Crippen LogP contribution in [-0.2, 0) is 16.1 Å². The van der Waals surface area contributed by atoms with E-state index < -0.39 is 17.4 Å². The molecule has 2 unspecified atom stereocenters. The average Bonchev–Trinajstić information content (AvgIpc) is 3.51. The first-order valence-electron chi connectivity index (χ1n) is 10.4. The third kappa shape index (κ3) is 3.58. The van der Waals surface area contributed by atoms with E-state index in [0.29, 0.717) is 12.5 Å². The molecule has 2 aliphatic rings. The number of ether oxygens (including phenoxy) is 1. The van der Waals surface area contributed by atoms with Gasteiger partial charge in [0.25, 0.3) is 11.5 Å². The molecule has 3 rings (SSSR count). The maximum Gasteiger partial charge on any atom is 0.329 e. The molecule has 158 valence electrons. The van der Waals surface area contributed by atoms with E-state index in [1.54, 1.807) is 31.6 Å². The minimum atomic E-state index is -1.38. The minimum absolute atomic E-state index is 0.0206. The van der Waals surface area contributed by atoms with E-state index in [-0.39, 0.29) is 29.9 Å². The predicted molar refractivity (Wildman–Crippen MR) is 110 cm³/mol. The Labute approximate surface area is 170 Å². The molecule has 2 atom stereocenters. The fourth-order valence-corrected chi connectivity index (χ4v) is 4.23. The number of hydrogen-bond acceptors (Lipinski definition) is 4. The van der Waals surface area contributed by atoms with E-state index in [9.17, 15) is 19.5 Å². The molecule has 1 aromatic heterocycles. The summed E-state index contributed by atoms with van der Waals surface area (Å²) >= 11 is 0. The summed E-state index contributed by atoms with van der Waals surface area (Å²) in [6.45, 7) is 5.99. The zero-order valence-corrected chi connectivity index (χ0v) is 17.6. The average molecular weight is 402 g/mol. The van der Waals surface area contributed by atoms with Crippen LogP contribution in [0.25, 0.3) is 6.08 Å². The van der Waals surface area contributed by atoms with E-state index >= 15 is 0 Å². The van der Waals surface area contributed by atoms with Crippen molar-refractivity contribution in [3.05, 3.63) is 39.0 Å². The molecule has 7 nitrogen and oxygen atoms in total. The molecule has 1 amide bonds. The van der Waals surface area contributed by atoms with Gasteiger partial charge in [0.15, 0.2) is 0 Å². The second-order valence-electron chi connectivity index (χ2n) is 7.96. The second kappa shape index (κ2) is 8.05. The molecule has 0 aliphatic heterocycles. The SMILES string of the molecule is CCCCn1c2c(cc(C(=O)NC(CC)(CC)C(=O)O)c1=O)C1CC1C(OC)=C2. The zero-order valence-electron chi connectivity index (χ0n) is 17.6. The summed E-state index contributed by atoms with van der Waals surface area (Å²) in [7, 11) is 1.64. The molecule has 0 radical (unpaired) electrons. The van der Waals surface area contributed by atoms with E-state index in [4.69, 9.17) is 4.74 Å². The van der Waals surface area contributed by atoms with Gasteiger partial charge in [0, 0.05) is 18.5 Å². The summed E-state index contributed by atoms with van der Waals surface area (Å²) < 4.78 is 7.16.